The Bertz CT molecular complexity index is 751. The number of aliphatic hydroxyl groups excluding tert-OH is 2. The second-order valence-corrected chi connectivity index (χ2v) is 5.80. The molecule has 5 heteroatoms. The lowest BCUT2D eigenvalue weighted by Gasteiger charge is -2.21. The van der Waals surface area contributed by atoms with Gasteiger partial charge >= 0.3 is 0 Å². The van der Waals surface area contributed by atoms with E-state index >= 15 is 0 Å². The Kier molecular flexibility index (Phi) is 3.14. The summed E-state index contributed by atoms with van der Waals surface area (Å²) in [5.41, 5.74) is 1.31. The third kappa shape index (κ3) is 2.18. The zero-order valence-corrected chi connectivity index (χ0v) is 11.8. The summed E-state index contributed by atoms with van der Waals surface area (Å²) in [5, 5.41) is 20.0. The van der Waals surface area contributed by atoms with Crippen LogP contribution < -0.4 is 5.43 Å². The number of epoxide rings is 1. The lowest BCUT2D eigenvalue weighted by Crippen LogP contribution is -2.32. The lowest BCUT2D eigenvalue weighted by molar-refractivity contribution is -0.0137. The predicted octanol–water partition coefficient (Wildman–Crippen LogP) is 1.27. The molecule has 0 radical (unpaired) electrons. The number of rotatable bonds is 3. The van der Waals surface area contributed by atoms with Gasteiger partial charge in [-0.05, 0) is 12.0 Å². The highest BCUT2D eigenvalue weighted by molar-refractivity contribution is 5.33. The standard InChI is InChI=1S/C17H16O5/c18-11-8-10(7-6-9-4-2-1-3-5-9)21-15-12(11)16-17(22-16)14(20)13(15)19/h1-5,8,13-14,16-17,19-20H,6-7H2/t13-,14+,16+,17-/m0/s1. The van der Waals surface area contributed by atoms with Crippen molar-refractivity contribution in [3.8, 4) is 0 Å². The van der Waals surface area contributed by atoms with Gasteiger partial charge in [0.2, 0.25) is 0 Å². The van der Waals surface area contributed by atoms with Gasteiger partial charge in [-0.25, -0.2) is 0 Å². The quantitative estimate of drug-likeness (QED) is 0.834. The van der Waals surface area contributed by atoms with Crippen LogP contribution in [0, 0.1) is 0 Å². The van der Waals surface area contributed by atoms with Crippen LogP contribution in [0.4, 0.5) is 0 Å². The van der Waals surface area contributed by atoms with Gasteiger partial charge in [0, 0.05) is 12.5 Å². The molecule has 1 aromatic carbocycles. The minimum Gasteiger partial charge on any atom is -0.463 e. The summed E-state index contributed by atoms with van der Waals surface area (Å²) in [6.45, 7) is 0. The van der Waals surface area contributed by atoms with Crippen molar-refractivity contribution in [1.82, 2.24) is 0 Å². The van der Waals surface area contributed by atoms with Crippen LogP contribution in [0.2, 0.25) is 0 Å². The number of hydrogen-bond acceptors (Lipinski definition) is 5. The largest absolute Gasteiger partial charge is 0.463 e. The van der Waals surface area contributed by atoms with Crippen molar-refractivity contribution in [2.45, 2.75) is 37.3 Å². The first-order valence-corrected chi connectivity index (χ1v) is 7.37. The third-order valence-corrected chi connectivity index (χ3v) is 4.31. The van der Waals surface area contributed by atoms with E-state index in [1.54, 1.807) is 0 Å². The molecule has 1 saturated heterocycles. The first-order chi connectivity index (χ1) is 10.6. The second kappa shape index (κ2) is 5.05. The lowest BCUT2D eigenvalue weighted by atomic mass is 9.92. The van der Waals surface area contributed by atoms with Crippen molar-refractivity contribution >= 4 is 0 Å². The zero-order chi connectivity index (χ0) is 15.3. The molecule has 1 aromatic heterocycles. The van der Waals surface area contributed by atoms with Gasteiger partial charge in [-0.15, -0.1) is 0 Å². The SMILES string of the molecule is O=c1cc(CCc2ccccc2)oc2c1[C@H]1O[C@H]1[C@H](O)[C@@H]2O. The monoisotopic (exact) mass is 300 g/mol. The van der Waals surface area contributed by atoms with Gasteiger partial charge in [0.15, 0.2) is 5.43 Å². The maximum atomic E-state index is 12.3. The van der Waals surface area contributed by atoms with Crippen molar-refractivity contribution in [2.75, 3.05) is 0 Å². The van der Waals surface area contributed by atoms with Crippen molar-refractivity contribution < 1.29 is 19.4 Å². The fraction of sp³-hybridized carbons (Fsp3) is 0.353. The van der Waals surface area contributed by atoms with Crippen molar-refractivity contribution in [3.05, 3.63) is 69.3 Å². The molecule has 2 heterocycles. The van der Waals surface area contributed by atoms with Crippen molar-refractivity contribution in [2.24, 2.45) is 0 Å². The molecule has 1 aliphatic heterocycles. The van der Waals surface area contributed by atoms with Crippen molar-refractivity contribution in [3.63, 3.8) is 0 Å². The molecular weight excluding hydrogens is 284 g/mol. The molecule has 1 aliphatic carbocycles. The molecule has 1 fully saturated rings. The molecular formula is C17H16O5. The van der Waals surface area contributed by atoms with E-state index in [0.717, 1.165) is 12.0 Å². The van der Waals surface area contributed by atoms with E-state index in [1.165, 1.54) is 6.07 Å². The Balaban J connectivity index is 1.63. The summed E-state index contributed by atoms with van der Waals surface area (Å²) in [6, 6.07) is 11.4. The molecule has 114 valence electrons. The van der Waals surface area contributed by atoms with Crippen LogP contribution >= 0.6 is 0 Å². The van der Waals surface area contributed by atoms with Crippen LogP contribution in [-0.2, 0) is 17.6 Å². The summed E-state index contributed by atoms with van der Waals surface area (Å²) in [4.78, 5) is 12.3. The van der Waals surface area contributed by atoms with Gasteiger partial charge in [0.1, 0.15) is 35.9 Å². The van der Waals surface area contributed by atoms with E-state index in [9.17, 15) is 15.0 Å². The molecule has 0 unspecified atom stereocenters. The second-order valence-electron chi connectivity index (χ2n) is 5.80. The molecule has 0 bridgehead atoms. The number of aliphatic hydroxyl groups is 2. The topological polar surface area (TPSA) is 83.2 Å². The molecule has 4 atom stereocenters. The van der Waals surface area contributed by atoms with Gasteiger partial charge in [-0.3, -0.25) is 4.79 Å². The van der Waals surface area contributed by atoms with E-state index in [-0.39, 0.29) is 11.2 Å². The van der Waals surface area contributed by atoms with E-state index in [1.807, 2.05) is 30.3 Å². The van der Waals surface area contributed by atoms with E-state index < -0.39 is 24.4 Å². The van der Waals surface area contributed by atoms with Crippen molar-refractivity contribution in [1.29, 1.82) is 0 Å². The van der Waals surface area contributed by atoms with Crippen LogP contribution in [0.5, 0.6) is 0 Å². The number of aryl methyl sites for hydroxylation is 2. The number of hydrogen-bond donors (Lipinski definition) is 2. The Morgan fingerprint density at radius 1 is 1.09 bits per heavy atom. The highest BCUT2D eigenvalue weighted by Crippen LogP contribution is 2.49. The fourth-order valence-corrected chi connectivity index (χ4v) is 3.06. The van der Waals surface area contributed by atoms with Gasteiger partial charge in [0.25, 0.3) is 0 Å². The summed E-state index contributed by atoms with van der Waals surface area (Å²) in [7, 11) is 0. The molecule has 5 nitrogen and oxygen atoms in total. The molecule has 4 rings (SSSR count). The van der Waals surface area contributed by atoms with Gasteiger partial charge in [-0.1, -0.05) is 30.3 Å². The van der Waals surface area contributed by atoms with Crippen LogP contribution in [0.1, 0.15) is 34.9 Å². The normalized spacial score (nSPS) is 28.8. The van der Waals surface area contributed by atoms with Gasteiger partial charge in [0.05, 0.1) is 5.56 Å². The number of benzene rings is 1. The summed E-state index contributed by atoms with van der Waals surface area (Å²) < 4.78 is 11.0. The summed E-state index contributed by atoms with van der Waals surface area (Å²) >= 11 is 0. The minimum atomic E-state index is -1.21. The first-order valence-electron chi connectivity index (χ1n) is 7.37. The van der Waals surface area contributed by atoms with Gasteiger partial charge in [-0.2, -0.15) is 0 Å². The Labute approximate surface area is 126 Å². The molecule has 0 spiro atoms. The van der Waals surface area contributed by atoms with E-state index in [0.29, 0.717) is 17.7 Å². The Hall–Kier alpha value is -1.95. The highest BCUT2D eigenvalue weighted by atomic mass is 16.6. The average molecular weight is 300 g/mol. The average Bonchev–Trinajstić information content (AvgIpc) is 3.32. The minimum absolute atomic E-state index is 0.154. The van der Waals surface area contributed by atoms with Gasteiger partial charge < -0.3 is 19.4 Å². The maximum absolute atomic E-state index is 12.3. The Morgan fingerprint density at radius 3 is 2.64 bits per heavy atom. The third-order valence-electron chi connectivity index (χ3n) is 4.31. The molecule has 0 saturated carbocycles. The van der Waals surface area contributed by atoms with E-state index in [4.69, 9.17) is 9.15 Å². The molecule has 2 N–H and O–H groups in total. The fourth-order valence-electron chi connectivity index (χ4n) is 3.06. The predicted molar refractivity (Wildman–Crippen MR) is 77.4 cm³/mol. The van der Waals surface area contributed by atoms with Crippen LogP contribution in [0.15, 0.2) is 45.6 Å². The molecule has 22 heavy (non-hydrogen) atoms. The van der Waals surface area contributed by atoms with E-state index in [2.05, 4.69) is 0 Å². The number of ether oxygens (including phenoxy) is 1. The number of fused-ring (bicyclic) bond motifs is 3. The summed E-state index contributed by atoms with van der Waals surface area (Å²) in [6.07, 6.45) is -1.87. The maximum Gasteiger partial charge on any atom is 0.191 e. The zero-order valence-electron chi connectivity index (χ0n) is 11.8. The molecule has 0 amide bonds. The molecule has 2 aromatic rings. The highest BCUT2D eigenvalue weighted by Gasteiger charge is 2.56. The molecule has 2 aliphatic rings. The van der Waals surface area contributed by atoms with Crippen LogP contribution in [0.3, 0.4) is 0 Å². The van der Waals surface area contributed by atoms with Crippen LogP contribution in [0.25, 0.3) is 0 Å². The summed E-state index contributed by atoms with van der Waals surface area (Å²) in [5.74, 6) is 0.666. The first kappa shape index (κ1) is 13.7. The smallest absolute Gasteiger partial charge is 0.191 e. The Morgan fingerprint density at radius 2 is 1.86 bits per heavy atom. The van der Waals surface area contributed by atoms with Crippen LogP contribution in [-0.4, -0.2) is 22.4 Å².